The molecule has 2 heterocycles. The van der Waals surface area contributed by atoms with Gasteiger partial charge in [-0.2, -0.15) is 13.2 Å². The molecule has 3 aromatic carbocycles. The molecule has 0 spiro atoms. The number of rotatable bonds is 10. The standard InChI is InChI=1S/C33H32F3N3O5/c1-37-24-7-12-28-29(20-39(30(28)18-24)19-23-5-8-25(43-2)9-6-23)32(42,33(34,35)36)21-38-15-13-27(14-16-38)44-26-10-3-22(4-11-26)17-31(40)41/h3-12,18,20,27,42H,13-17,19,21H2,2H3,(H,40,41). The van der Waals surface area contributed by atoms with Gasteiger partial charge in [0.2, 0.25) is 5.60 Å². The minimum atomic E-state index is -4.98. The number of halogens is 3. The molecule has 0 saturated carbocycles. The number of carboxylic acid groups (broad SMARTS) is 1. The highest BCUT2D eigenvalue weighted by atomic mass is 19.4. The largest absolute Gasteiger partial charge is 0.497 e. The van der Waals surface area contributed by atoms with Crippen LogP contribution < -0.4 is 9.47 Å². The van der Waals surface area contributed by atoms with Crippen LogP contribution in [0.4, 0.5) is 18.9 Å². The number of piperidine rings is 1. The molecule has 1 aliphatic rings. The number of hydrogen-bond donors (Lipinski definition) is 2. The predicted octanol–water partition coefficient (Wildman–Crippen LogP) is 6.17. The van der Waals surface area contributed by atoms with Crippen LogP contribution in [0.15, 0.2) is 72.9 Å². The van der Waals surface area contributed by atoms with Gasteiger partial charge >= 0.3 is 12.1 Å². The predicted molar refractivity (Wildman–Crippen MR) is 158 cm³/mol. The quantitative estimate of drug-likeness (QED) is 0.210. The highest BCUT2D eigenvalue weighted by Crippen LogP contribution is 2.44. The first-order valence-electron chi connectivity index (χ1n) is 14.1. The van der Waals surface area contributed by atoms with Crippen LogP contribution in [0.5, 0.6) is 11.5 Å². The summed E-state index contributed by atoms with van der Waals surface area (Å²) in [5, 5.41) is 20.7. The fraction of sp³-hybridized carbons (Fsp3) is 0.333. The average molecular weight is 608 g/mol. The van der Waals surface area contributed by atoms with Gasteiger partial charge in [0.1, 0.15) is 17.6 Å². The van der Waals surface area contributed by atoms with Crippen molar-refractivity contribution < 1.29 is 37.7 Å². The number of β-amino-alcohol motifs (C(OH)–C–C–N with tert-alkyl or cyclic N) is 1. The van der Waals surface area contributed by atoms with E-state index >= 15 is 0 Å². The van der Waals surface area contributed by atoms with Crippen molar-refractivity contribution in [1.82, 2.24) is 9.47 Å². The monoisotopic (exact) mass is 607 g/mol. The van der Waals surface area contributed by atoms with Crippen LogP contribution in [0.25, 0.3) is 15.7 Å². The molecule has 1 unspecified atom stereocenters. The zero-order valence-corrected chi connectivity index (χ0v) is 24.1. The molecule has 1 fully saturated rings. The summed E-state index contributed by atoms with van der Waals surface area (Å²) in [5.74, 6) is 0.281. The zero-order chi connectivity index (χ0) is 31.5. The van der Waals surface area contributed by atoms with Crippen molar-refractivity contribution in [2.24, 2.45) is 0 Å². The minimum Gasteiger partial charge on any atom is -0.497 e. The van der Waals surface area contributed by atoms with E-state index in [4.69, 9.17) is 21.2 Å². The second-order valence-electron chi connectivity index (χ2n) is 11.0. The number of carboxylic acids is 1. The van der Waals surface area contributed by atoms with Crippen LogP contribution in [0.2, 0.25) is 0 Å². The van der Waals surface area contributed by atoms with Crippen LogP contribution >= 0.6 is 0 Å². The molecule has 0 amide bonds. The van der Waals surface area contributed by atoms with E-state index in [0.717, 1.165) is 5.56 Å². The maximum absolute atomic E-state index is 14.8. The Morgan fingerprint density at radius 2 is 1.64 bits per heavy atom. The third kappa shape index (κ3) is 6.67. The van der Waals surface area contributed by atoms with E-state index in [0.29, 0.717) is 35.4 Å². The van der Waals surface area contributed by atoms with Crippen LogP contribution in [0.3, 0.4) is 0 Å². The van der Waals surface area contributed by atoms with Gasteiger partial charge in [-0.05, 0) is 54.3 Å². The molecule has 0 radical (unpaired) electrons. The average Bonchev–Trinajstić information content (AvgIpc) is 3.36. The third-order valence-electron chi connectivity index (χ3n) is 7.99. The Morgan fingerprint density at radius 1 is 1.00 bits per heavy atom. The van der Waals surface area contributed by atoms with E-state index in [1.807, 2.05) is 12.1 Å². The second-order valence-corrected chi connectivity index (χ2v) is 11.0. The maximum Gasteiger partial charge on any atom is 0.422 e. The number of fused-ring (bicyclic) bond motifs is 1. The number of likely N-dealkylation sites (tertiary alicyclic amines) is 1. The van der Waals surface area contributed by atoms with Crippen LogP contribution in [0.1, 0.15) is 29.5 Å². The Balaban J connectivity index is 1.36. The number of methoxy groups -OCH3 is 1. The summed E-state index contributed by atoms with van der Waals surface area (Å²) in [6.45, 7) is 7.56. The second kappa shape index (κ2) is 12.6. The fourth-order valence-corrected chi connectivity index (χ4v) is 5.63. The Kier molecular flexibility index (Phi) is 8.85. The van der Waals surface area contributed by atoms with Gasteiger partial charge in [0, 0.05) is 48.8 Å². The summed E-state index contributed by atoms with van der Waals surface area (Å²) in [6.07, 6.45) is -3.04. The van der Waals surface area contributed by atoms with Crippen molar-refractivity contribution in [3.8, 4) is 11.5 Å². The maximum atomic E-state index is 14.8. The number of aliphatic hydroxyl groups is 1. The molecule has 0 aliphatic carbocycles. The van der Waals surface area contributed by atoms with Crippen LogP contribution in [0, 0.1) is 6.57 Å². The SMILES string of the molecule is [C-]#[N+]c1ccc2c(C(O)(CN3CCC(Oc4ccc(CC(=O)O)cc4)CC3)C(F)(F)F)cn(Cc3ccc(OC)cc3)c2c1. The zero-order valence-electron chi connectivity index (χ0n) is 24.1. The van der Waals surface area contributed by atoms with Crippen molar-refractivity contribution in [3.05, 3.63) is 101 Å². The van der Waals surface area contributed by atoms with Gasteiger partial charge in [-0.25, -0.2) is 4.85 Å². The number of nitrogens with zero attached hydrogens (tertiary/aromatic N) is 3. The molecule has 1 saturated heterocycles. The van der Waals surface area contributed by atoms with Gasteiger partial charge in [-0.1, -0.05) is 36.4 Å². The number of ether oxygens (including phenoxy) is 2. The Morgan fingerprint density at radius 3 is 2.23 bits per heavy atom. The normalized spacial score (nSPS) is 15.9. The van der Waals surface area contributed by atoms with Crippen molar-refractivity contribution in [2.45, 2.75) is 43.7 Å². The Bertz CT molecular complexity index is 1650. The highest BCUT2D eigenvalue weighted by Gasteiger charge is 2.57. The number of benzene rings is 3. The van der Waals surface area contributed by atoms with Crippen molar-refractivity contribution in [2.75, 3.05) is 26.7 Å². The molecule has 4 aromatic rings. The lowest BCUT2D eigenvalue weighted by molar-refractivity contribution is -0.272. The Hall–Kier alpha value is -4.53. The lowest BCUT2D eigenvalue weighted by Gasteiger charge is -2.39. The first kappa shape index (κ1) is 30.9. The third-order valence-corrected chi connectivity index (χ3v) is 7.99. The molecule has 11 heteroatoms. The summed E-state index contributed by atoms with van der Waals surface area (Å²) < 4.78 is 57.3. The van der Waals surface area contributed by atoms with E-state index < -0.39 is 24.3 Å². The van der Waals surface area contributed by atoms with Crippen LogP contribution in [-0.2, 0) is 23.4 Å². The Labute approximate surface area is 252 Å². The number of carbonyl (C=O) groups is 1. The van der Waals surface area contributed by atoms with E-state index in [1.165, 1.54) is 18.3 Å². The smallest absolute Gasteiger partial charge is 0.422 e. The molecular formula is C33H32F3N3O5. The fourth-order valence-electron chi connectivity index (χ4n) is 5.63. The first-order valence-corrected chi connectivity index (χ1v) is 14.1. The summed E-state index contributed by atoms with van der Waals surface area (Å²) in [7, 11) is 1.55. The molecule has 5 rings (SSSR count). The lowest BCUT2D eigenvalue weighted by atomic mass is 9.91. The molecule has 2 N–H and O–H groups in total. The number of hydrogen-bond acceptors (Lipinski definition) is 5. The molecule has 1 atom stereocenters. The number of aliphatic carboxylic acids is 1. The molecule has 8 nitrogen and oxygen atoms in total. The van der Waals surface area contributed by atoms with Crippen molar-refractivity contribution in [3.63, 3.8) is 0 Å². The topological polar surface area (TPSA) is 88.5 Å². The molecule has 44 heavy (non-hydrogen) atoms. The minimum absolute atomic E-state index is 0.0956. The van der Waals surface area contributed by atoms with E-state index in [1.54, 1.807) is 59.0 Å². The van der Waals surface area contributed by atoms with E-state index in [-0.39, 0.29) is 48.8 Å². The molecule has 1 aromatic heterocycles. The summed E-state index contributed by atoms with van der Waals surface area (Å²) in [4.78, 5) is 15.9. The van der Waals surface area contributed by atoms with Crippen LogP contribution in [-0.4, -0.2) is 64.7 Å². The van der Waals surface area contributed by atoms with Gasteiger partial charge in [0.05, 0.1) is 20.1 Å². The number of alkyl halides is 3. The summed E-state index contributed by atoms with van der Waals surface area (Å²) in [6, 6.07) is 18.4. The summed E-state index contributed by atoms with van der Waals surface area (Å²) in [5.41, 5.74) is -1.26. The van der Waals surface area contributed by atoms with Gasteiger partial charge in [-0.15, -0.1) is 0 Å². The van der Waals surface area contributed by atoms with Gasteiger partial charge in [0.15, 0.2) is 5.69 Å². The van der Waals surface area contributed by atoms with Crippen molar-refractivity contribution >= 4 is 22.6 Å². The lowest BCUT2D eigenvalue weighted by Crippen LogP contribution is -2.53. The molecule has 0 bridgehead atoms. The first-order chi connectivity index (χ1) is 21.0. The van der Waals surface area contributed by atoms with Crippen molar-refractivity contribution in [1.29, 1.82) is 0 Å². The molecular weight excluding hydrogens is 575 g/mol. The number of aromatic nitrogens is 1. The van der Waals surface area contributed by atoms with Gasteiger partial charge in [0.25, 0.3) is 0 Å². The molecule has 1 aliphatic heterocycles. The summed E-state index contributed by atoms with van der Waals surface area (Å²) >= 11 is 0. The van der Waals surface area contributed by atoms with Gasteiger partial charge in [-0.3, -0.25) is 9.69 Å². The highest BCUT2D eigenvalue weighted by molar-refractivity contribution is 5.88. The van der Waals surface area contributed by atoms with Gasteiger partial charge < -0.3 is 24.3 Å². The molecule has 230 valence electrons. The van der Waals surface area contributed by atoms with E-state index in [9.17, 15) is 23.1 Å². The van der Waals surface area contributed by atoms with E-state index in [2.05, 4.69) is 4.85 Å².